The van der Waals surface area contributed by atoms with Crippen molar-refractivity contribution in [3.8, 4) is 11.4 Å². The number of rotatable bonds is 11. The number of carbonyl (C=O) groups is 2. The maximum atomic E-state index is 12.6. The van der Waals surface area contributed by atoms with Crippen molar-refractivity contribution < 1.29 is 14.3 Å². The van der Waals surface area contributed by atoms with Gasteiger partial charge in [0.1, 0.15) is 5.75 Å². The molecule has 2 amide bonds. The van der Waals surface area contributed by atoms with E-state index in [-0.39, 0.29) is 29.2 Å². The molecule has 13 heteroatoms. The van der Waals surface area contributed by atoms with E-state index in [2.05, 4.69) is 31.1 Å². The number of anilines is 1. The van der Waals surface area contributed by atoms with Crippen LogP contribution in [0, 0.1) is 0 Å². The maximum Gasteiger partial charge on any atom is 0.258 e. The predicted molar refractivity (Wildman–Crippen MR) is 149 cm³/mol. The van der Waals surface area contributed by atoms with E-state index < -0.39 is 0 Å². The van der Waals surface area contributed by atoms with Crippen molar-refractivity contribution in [2.24, 2.45) is 0 Å². The van der Waals surface area contributed by atoms with Gasteiger partial charge in [-0.3, -0.25) is 14.6 Å². The van der Waals surface area contributed by atoms with Crippen molar-refractivity contribution in [1.82, 2.24) is 30.5 Å². The molecular weight excluding hydrogens is 561 g/mol. The maximum absolute atomic E-state index is 12.6. The molecule has 0 spiro atoms. The first-order chi connectivity index (χ1) is 19.0. The lowest BCUT2D eigenvalue weighted by Crippen LogP contribution is -2.28. The number of tetrazole rings is 1. The number of thioether (sulfide) groups is 1. The summed E-state index contributed by atoms with van der Waals surface area (Å²) in [7, 11) is 0. The molecule has 0 aliphatic heterocycles. The molecule has 0 bridgehead atoms. The average Bonchev–Trinajstić information content (AvgIpc) is 3.69. The van der Waals surface area contributed by atoms with E-state index in [4.69, 9.17) is 27.9 Å². The highest BCUT2D eigenvalue weighted by Gasteiger charge is 2.24. The van der Waals surface area contributed by atoms with Crippen molar-refractivity contribution in [1.29, 1.82) is 0 Å². The lowest BCUT2D eigenvalue weighted by molar-refractivity contribution is -0.123. The summed E-state index contributed by atoms with van der Waals surface area (Å²) in [5.41, 5.74) is 3.16. The summed E-state index contributed by atoms with van der Waals surface area (Å²) in [6, 6.07) is 14.3. The molecule has 0 saturated heterocycles. The first-order valence-electron chi connectivity index (χ1n) is 12.0. The zero-order valence-electron chi connectivity index (χ0n) is 20.5. The van der Waals surface area contributed by atoms with Crippen LogP contribution in [0.25, 0.3) is 5.69 Å². The second-order valence-corrected chi connectivity index (χ2v) is 10.5. The van der Waals surface area contributed by atoms with Gasteiger partial charge in [-0.15, -0.1) is 5.10 Å². The molecule has 0 atom stereocenters. The van der Waals surface area contributed by atoms with E-state index in [1.807, 2.05) is 24.3 Å². The summed E-state index contributed by atoms with van der Waals surface area (Å²) < 4.78 is 7.03. The van der Waals surface area contributed by atoms with Gasteiger partial charge in [-0.2, -0.15) is 4.68 Å². The van der Waals surface area contributed by atoms with Crippen molar-refractivity contribution in [3.63, 3.8) is 0 Å². The van der Waals surface area contributed by atoms with Gasteiger partial charge < -0.3 is 15.4 Å². The molecular formula is C26H23Cl2N7O3S. The molecule has 2 aromatic heterocycles. The molecule has 10 nitrogen and oxygen atoms in total. The van der Waals surface area contributed by atoms with Crippen LogP contribution in [0.5, 0.6) is 5.75 Å². The molecule has 2 aromatic carbocycles. The van der Waals surface area contributed by atoms with Crippen molar-refractivity contribution in [2.45, 2.75) is 30.5 Å². The molecule has 1 aliphatic rings. The van der Waals surface area contributed by atoms with Gasteiger partial charge in [-0.25, -0.2) is 0 Å². The van der Waals surface area contributed by atoms with Crippen LogP contribution < -0.4 is 15.4 Å². The van der Waals surface area contributed by atoms with Crippen LogP contribution in [0.2, 0.25) is 10.0 Å². The summed E-state index contributed by atoms with van der Waals surface area (Å²) in [6.45, 7) is 0.173. The Bertz CT molecular complexity index is 1480. The minimum absolute atomic E-state index is 0.0455. The zero-order valence-corrected chi connectivity index (χ0v) is 22.8. The Labute approximate surface area is 238 Å². The quantitative estimate of drug-likeness (QED) is 0.244. The summed E-state index contributed by atoms with van der Waals surface area (Å²) in [4.78, 5) is 28.7. The highest BCUT2D eigenvalue weighted by atomic mass is 35.5. The van der Waals surface area contributed by atoms with Crippen LogP contribution in [0.1, 0.15) is 29.9 Å². The minimum Gasteiger partial charge on any atom is -0.484 e. The van der Waals surface area contributed by atoms with Gasteiger partial charge in [-0.05, 0) is 70.6 Å². The third kappa shape index (κ3) is 7.25. The molecule has 39 heavy (non-hydrogen) atoms. The normalized spacial score (nSPS) is 12.7. The predicted octanol–water partition coefficient (Wildman–Crippen LogP) is 4.67. The molecule has 0 unspecified atom stereocenters. The van der Waals surface area contributed by atoms with E-state index in [1.54, 1.807) is 30.6 Å². The van der Waals surface area contributed by atoms with E-state index in [9.17, 15) is 9.59 Å². The number of ether oxygens (including phenoxy) is 1. The van der Waals surface area contributed by atoms with Gasteiger partial charge in [0.25, 0.3) is 5.91 Å². The Morgan fingerprint density at radius 3 is 2.69 bits per heavy atom. The lowest BCUT2D eigenvalue weighted by Gasteiger charge is -2.11. The summed E-state index contributed by atoms with van der Waals surface area (Å²) in [5, 5.41) is 18.6. The van der Waals surface area contributed by atoms with Crippen molar-refractivity contribution in [3.05, 3.63) is 82.1 Å². The first kappa shape index (κ1) is 26.9. The third-order valence-corrected chi connectivity index (χ3v) is 7.35. The van der Waals surface area contributed by atoms with E-state index in [0.29, 0.717) is 39.8 Å². The number of nitrogens with one attached hydrogen (secondary N) is 2. The number of pyridine rings is 1. The average molecular weight is 584 g/mol. The van der Waals surface area contributed by atoms with Gasteiger partial charge in [-0.1, -0.05) is 47.1 Å². The van der Waals surface area contributed by atoms with Crippen LogP contribution in [0.3, 0.4) is 0 Å². The van der Waals surface area contributed by atoms with E-state index in [0.717, 1.165) is 5.56 Å². The Morgan fingerprint density at radius 2 is 1.95 bits per heavy atom. The number of carbonyl (C=O) groups excluding carboxylic acids is 2. The lowest BCUT2D eigenvalue weighted by atomic mass is 10.1. The minimum atomic E-state index is -0.296. The molecule has 2 N–H and O–H groups in total. The summed E-state index contributed by atoms with van der Waals surface area (Å²) in [5.74, 6) is 0.441. The molecule has 1 fully saturated rings. The SMILES string of the molecule is O=C(COc1ccc(NC(=O)CSc2nnnn2-c2ccc(C3CC3)cc2Cl)c(Cl)c1)NCc1cccnc1. The molecule has 1 aliphatic carbocycles. The Morgan fingerprint density at radius 1 is 1.08 bits per heavy atom. The van der Waals surface area contributed by atoms with Crippen molar-refractivity contribution >= 4 is 52.5 Å². The monoisotopic (exact) mass is 583 g/mol. The number of aromatic nitrogens is 5. The highest BCUT2D eigenvalue weighted by molar-refractivity contribution is 7.99. The van der Waals surface area contributed by atoms with Crippen LogP contribution in [0.4, 0.5) is 5.69 Å². The number of benzene rings is 2. The van der Waals surface area contributed by atoms with Gasteiger partial charge in [0.05, 0.1) is 27.2 Å². The molecule has 1 saturated carbocycles. The van der Waals surface area contributed by atoms with Crippen LogP contribution in [-0.2, 0) is 16.1 Å². The van der Waals surface area contributed by atoms with Gasteiger partial charge in [0.15, 0.2) is 6.61 Å². The first-order valence-corrected chi connectivity index (χ1v) is 13.8. The molecule has 2 heterocycles. The fraction of sp³-hybridized carbons (Fsp3) is 0.231. The van der Waals surface area contributed by atoms with Crippen molar-refractivity contribution in [2.75, 3.05) is 17.7 Å². The second-order valence-electron chi connectivity index (χ2n) is 8.76. The van der Waals surface area contributed by atoms with Gasteiger partial charge in [0.2, 0.25) is 11.1 Å². The van der Waals surface area contributed by atoms with Gasteiger partial charge in [0, 0.05) is 25.0 Å². The van der Waals surface area contributed by atoms with Crippen LogP contribution >= 0.6 is 35.0 Å². The molecule has 200 valence electrons. The zero-order chi connectivity index (χ0) is 27.2. The third-order valence-electron chi connectivity index (χ3n) is 5.82. The number of hydrogen-bond acceptors (Lipinski definition) is 8. The Balaban J connectivity index is 1.11. The molecule has 4 aromatic rings. The molecule has 0 radical (unpaired) electrons. The van der Waals surface area contributed by atoms with Crippen LogP contribution in [0.15, 0.2) is 66.1 Å². The van der Waals surface area contributed by atoms with Gasteiger partial charge >= 0.3 is 0 Å². The number of nitrogens with zero attached hydrogens (tertiary/aromatic N) is 5. The largest absolute Gasteiger partial charge is 0.484 e. The fourth-order valence-corrected chi connectivity index (χ4v) is 4.86. The Hall–Kier alpha value is -3.67. The van der Waals surface area contributed by atoms with E-state index >= 15 is 0 Å². The summed E-state index contributed by atoms with van der Waals surface area (Å²) in [6.07, 6.45) is 5.71. The second kappa shape index (κ2) is 12.5. The molecule has 5 rings (SSSR count). The number of hydrogen-bond donors (Lipinski definition) is 2. The highest BCUT2D eigenvalue weighted by Crippen LogP contribution is 2.41. The van der Waals surface area contributed by atoms with Crippen LogP contribution in [-0.4, -0.2) is 49.4 Å². The fourth-order valence-electron chi connectivity index (χ4n) is 3.69. The summed E-state index contributed by atoms with van der Waals surface area (Å²) >= 11 is 14.0. The van der Waals surface area contributed by atoms with E-state index in [1.165, 1.54) is 40.9 Å². The number of amides is 2. The smallest absolute Gasteiger partial charge is 0.258 e. The standard InChI is InChI=1S/C26H23Cl2N7O3S/c27-20-11-19(38-14-24(36)30-13-16-2-1-9-29-12-16)6-7-22(20)31-25(37)15-39-26-32-33-34-35(26)23-8-5-18(10-21(23)28)17-3-4-17/h1-2,5-12,17H,3-4,13-15H2,(H,30,36)(H,31,37). The Kier molecular flexibility index (Phi) is 8.60. The number of halogens is 2. The topological polar surface area (TPSA) is 124 Å².